The molecule has 1 aromatic heterocycles. The first-order chi connectivity index (χ1) is 11.5. The summed E-state index contributed by atoms with van der Waals surface area (Å²) in [5.41, 5.74) is 0.504. The molecule has 1 heterocycles. The van der Waals surface area contributed by atoms with Gasteiger partial charge in [0.05, 0.1) is 11.4 Å². The van der Waals surface area contributed by atoms with Gasteiger partial charge >= 0.3 is 11.8 Å². The molecule has 2 N–H and O–H groups in total. The summed E-state index contributed by atoms with van der Waals surface area (Å²) in [6.45, 7) is 0.169. The van der Waals surface area contributed by atoms with Crippen LogP contribution in [0.1, 0.15) is 11.0 Å². The van der Waals surface area contributed by atoms with Gasteiger partial charge in [0, 0.05) is 24.2 Å². The van der Waals surface area contributed by atoms with Crippen LogP contribution in [0.4, 0.5) is 5.69 Å². The van der Waals surface area contributed by atoms with E-state index in [0.29, 0.717) is 15.8 Å². The van der Waals surface area contributed by atoms with E-state index in [1.807, 2.05) is 6.07 Å². The molecule has 24 heavy (non-hydrogen) atoms. The van der Waals surface area contributed by atoms with E-state index in [4.69, 9.17) is 21.1 Å². The molecule has 0 radical (unpaired) electrons. The summed E-state index contributed by atoms with van der Waals surface area (Å²) in [7, 11) is 3.08. The van der Waals surface area contributed by atoms with Crippen LogP contribution in [0.5, 0.6) is 5.75 Å². The van der Waals surface area contributed by atoms with Gasteiger partial charge in [-0.2, -0.15) is 0 Å². The second kappa shape index (κ2) is 8.68. The lowest BCUT2D eigenvalue weighted by atomic mass is 10.3. The number of rotatable bonds is 6. The number of carbonyl (C=O) groups is 2. The maximum atomic E-state index is 11.9. The molecule has 8 heteroatoms. The number of anilines is 1. The number of hydrogen-bond acceptors (Lipinski definition) is 5. The van der Waals surface area contributed by atoms with Gasteiger partial charge < -0.3 is 20.1 Å². The third-order valence-corrected chi connectivity index (χ3v) is 4.52. The summed E-state index contributed by atoms with van der Waals surface area (Å²) in [4.78, 5) is 24.7. The number of methoxy groups -OCH3 is 2. The predicted octanol–water partition coefficient (Wildman–Crippen LogP) is 2.85. The van der Waals surface area contributed by atoms with Crippen LogP contribution in [0.2, 0.25) is 4.34 Å². The maximum Gasteiger partial charge on any atom is 0.313 e. The van der Waals surface area contributed by atoms with Gasteiger partial charge in [0.1, 0.15) is 11.9 Å². The summed E-state index contributed by atoms with van der Waals surface area (Å²) in [6.07, 6.45) is -0.361. The SMILES string of the molecule is COc1ccc(NC(=O)C(=O)NCC(OC)c2ccc(Cl)s2)cc1. The Hall–Kier alpha value is -2.09. The van der Waals surface area contributed by atoms with Gasteiger partial charge in [-0.1, -0.05) is 11.6 Å². The highest BCUT2D eigenvalue weighted by Crippen LogP contribution is 2.28. The first kappa shape index (κ1) is 18.3. The molecule has 0 saturated heterocycles. The van der Waals surface area contributed by atoms with Gasteiger partial charge in [-0.3, -0.25) is 9.59 Å². The minimum absolute atomic E-state index is 0.169. The fourth-order valence-corrected chi connectivity index (χ4v) is 3.07. The van der Waals surface area contributed by atoms with Crippen molar-refractivity contribution in [1.29, 1.82) is 0 Å². The lowest BCUT2D eigenvalue weighted by Crippen LogP contribution is -2.37. The first-order valence-corrected chi connectivity index (χ1v) is 8.24. The highest BCUT2D eigenvalue weighted by atomic mass is 35.5. The summed E-state index contributed by atoms with van der Waals surface area (Å²) in [5, 5.41) is 5.06. The molecule has 1 atom stereocenters. The smallest absolute Gasteiger partial charge is 0.313 e. The molecule has 128 valence electrons. The number of carbonyl (C=O) groups excluding carboxylic acids is 2. The molecule has 1 unspecified atom stereocenters. The fraction of sp³-hybridized carbons (Fsp3) is 0.250. The Morgan fingerprint density at radius 2 is 1.83 bits per heavy atom. The van der Waals surface area contributed by atoms with Crippen molar-refractivity contribution in [3.8, 4) is 5.75 Å². The van der Waals surface area contributed by atoms with Crippen LogP contribution in [0.15, 0.2) is 36.4 Å². The second-order valence-corrected chi connectivity index (χ2v) is 6.51. The quantitative estimate of drug-likeness (QED) is 0.769. The van der Waals surface area contributed by atoms with Crippen molar-refractivity contribution in [2.24, 2.45) is 0 Å². The maximum absolute atomic E-state index is 11.9. The van der Waals surface area contributed by atoms with E-state index in [2.05, 4.69) is 10.6 Å². The van der Waals surface area contributed by atoms with E-state index >= 15 is 0 Å². The molecule has 2 aromatic rings. The van der Waals surface area contributed by atoms with Crippen molar-refractivity contribution in [2.45, 2.75) is 6.10 Å². The van der Waals surface area contributed by atoms with Crippen molar-refractivity contribution in [3.63, 3.8) is 0 Å². The number of halogens is 1. The molecular formula is C16H17ClN2O4S. The van der Waals surface area contributed by atoms with Crippen LogP contribution in [0.3, 0.4) is 0 Å². The molecule has 1 aromatic carbocycles. The van der Waals surface area contributed by atoms with Gasteiger partial charge in [0.15, 0.2) is 0 Å². The van der Waals surface area contributed by atoms with Crippen LogP contribution in [-0.2, 0) is 14.3 Å². The minimum atomic E-state index is -0.751. The lowest BCUT2D eigenvalue weighted by molar-refractivity contribution is -0.136. The first-order valence-electron chi connectivity index (χ1n) is 7.04. The van der Waals surface area contributed by atoms with Crippen LogP contribution in [0.25, 0.3) is 0 Å². The Kier molecular flexibility index (Phi) is 6.60. The Morgan fingerprint density at radius 1 is 1.12 bits per heavy atom. The molecule has 0 fully saturated rings. The Labute approximate surface area is 148 Å². The molecule has 0 saturated carbocycles. The topological polar surface area (TPSA) is 76.7 Å². The molecular weight excluding hydrogens is 352 g/mol. The number of nitrogens with one attached hydrogen (secondary N) is 2. The molecule has 0 aliphatic carbocycles. The number of benzene rings is 1. The molecule has 0 spiro atoms. The zero-order valence-corrected chi connectivity index (χ0v) is 14.7. The zero-order chi connectivity index (χ0) is 17.5. The van der Waals surface area contributed by atoms with Gasteiger partial charge in [0.25, 0.3) is 0 Å². The molecule has 6 nitrogen and oxygen atoms in total. The van der Waals surface area contributed by atoms with Crippen LogP contribution in [0, 0.1) is 0 Å². The van der Waals surface area contributed by atoms with Crippen LogP contribution >= 0.6 is 22.9 Å². The van der Waals surface area contributed by atoms with Crippen molar-refractivity contribution >= 4 is 40.4 Å². The van der Waals surface area contributed by atoms with E-state index in [9.17, 15) is 9.59 Å². The van der Waals surface area contributed by atoms with E-state index in [1.165, 1.54) is 18.4 Å². The van der Waals surface area contributed by atoms with Crippen molar-refractivity contribution in [3.05, 3.63) is 45.6 Å². The number of thiophene rings is 1. The number of amides is 2. The molecule has 0 bridgehead atoms. The van der Waals surface area contributed by atoms with E-state index in [-0.39, 0.29) is 12.6 Å². The van der Waals surface area contributed by atoms with Gasteiger partial charge in [-0.05, 0) is 36.4 Å². The molecule has 0 aliphatic rings. The molecule has 2 amide bonds. The highest BCUT2D eigenvalue weighted by Gasteiger charge is 2.18. The summed E-state index contributed by atoms with van der Waals surface area (Å²) in [6, 6.07) is 10.3. The molecule has 2 rings (SSSR count). The fourth-order valence-electron chi connectivity index (χ4n) is 1.93. The zero-order valence-electron chi connectivity index (χ0n) is 13.2. The Morgan fingerprint density at radius 3 is 2.38 bits per heavy atom. The predicted molar refractivity (Wildman–Crippen MR) is 93.7 cm³/mol. The largest absolute Gasteiger partial charge is 0.497 e. The van der Waals surface area contributed by atoms with E-state index in [0.717, 1.165) is 4.88 Å². The summed E-state index contributed by atoms with van der Waals surface area (Å²) >= 11 is 7.25. The highest BCUT2D eigenvalue weighted by molar-refractivity contribution is 7.16. The lowest BCUT2D eigenvalue weighted by Gasteiger charge is -2.14. The van der Waals surface area contributed by atoms with E-state index < -0.39 is 11.8 Å². The Bertz CT molecular complexity index is 702. The third kappa shape index (κ3) is 4.95. The average molecular weight is 369 g/mol. The monoisotopic (exact) mass is 368 g/mol. The second-order valence-electron chi connectivity index (χ2n) is 4.76. The standard InChI is InChI=1S/C16H17ClN2O4S/c1-22-11-5-3-10(4-6-11)19-16(21)15(20)18-9-12(23-2)13-7-8-14(17)24-13/h3-8,12H,9H2,1-2H3,(H,18,20)(H,19,21). The third-order valence-electron chi connectivity index (χ3n) is 3.20. The van der Waals surface area contributed by atoms with Gasteiger partial charge in [0.2, 0.25) is 0 Å². The van der Waals surface area contributed by atoms with Gasteiger partial charge in [-0.25, -0.2) is 0 Å². The number of ether oxygens (including phenoxy) is 2. The van der Waals surface area contributed by atoms with Crippen LogP contribution in [-0.4, -0.2) is 32.6 Å². The normalized spacial score (nSPS) is 11.6. The summed E-state index contributed by atoms with van der Waals surface area (Å²) in [5.74, 6) is -0.829. The van der Waals surface area contributed by atoms with Gasteiger partial charge in [-0.15, -0.1) is 11.3 Å². The Balaban J connectivity index is 1.87. The number of hydrogen-bond donors (Lipinski definition) is 2. The van der Waals surface area contributed by atoms with E-state index in [1.54, 1.807) is 37.4 Å². The van der Waals surface area contributed by atoms with Crippen LogP contribution < -0.4 is 15.4 Å². The molecule has 0 aliphatic heterocycles. The summed E-state index contributed by atoms with van der Waals surface area (Å²) < 4.78 is 11.0. The van der Waals surface area contributed by atoms with Crippen molar-refractivity contribution in [1.82, 2.24) is 5.32 Å². The van der Waals surface area contributed by atoms with Crippen molar-refractivity contribution in [2.75, 3.05) is 26.1 Å². The minimum Gasteiger partial charge on any atom is -0.497 e. The average Bonchev–Trinajstić information content (AvgIpc) is 3.02. The van der Waals surface area contributed by atoms with Crippen molar-refractivity contribution < 1.29 is 19.1 Å².